The Morgan fingerprint density at radius 3 is 1.70 bits per heavy atom. The Morgan fingerprint density at radius 1 is 0.600 bits per heavy atom. The first-order valence-corrected chi connectivity index (χ1v) is 10.0. The van der Waals surface area contributed by atoms with E-state index in [-0.39, 0.29) is 11.0 Å². The smallest absolute Gasteiger partial charge is 0.101 e. The van der Waals surface area contributed by atoms with Crippen molar-refractivity contribution in [3.8, 4) is 18.2 Å². The second-order valence-electron chi connectivity index (χ2n) is 8.35. The molecule has 1 aliphatic carbocycles. The van der Waals surface area contributed by atoms with Gasteiger partial charge in [0.1, 0.15) is 12.1 Å². The number of hydrogen-bond donors (Lipinski definition) is 0. The topological polar surface area (TPSA) is 71.4 Å². The zero-order valence-corrected chi connectivity index (χ0v) is 17.1. The molecule has 3 aromatic carbocycles. The Labute approximate surface area is 177 Å². The van der Waals surface area contributed by atoms with Crippen LogP contribution in [0.5, 0.6) is 0 Å². The van der Waals surface area contributed by atoms with E-state index in [2.05, 4.69) is 68.5 Å². The molecule has 0 N–H and O–H groups in total. The van der Waals surface area contributed by atoms with Crippen molar-refractivity contribution >= 4 is 0 Å². The van der Waals surface area contributed by atoms with Crippen LogP contribution in [0.4, 0.5) is 0 Å². The van der Waals surface area contributed by atoms with Crippen LogP contribution in [0.2, 0.25) is 0 Å². The number of hydrogen-bond acceptors (Lipinski definition) is 3. The Morgan fingerprint density at radius 2 is 1.10 bits per heavy atom. The first-order valence-electron chi connectivity index (χ1n) is 10.0. The van der Waals surface area contributed by atoms with Gasteiger partial charge in [0.25, 0.3) is 0 Å². The van der Waals surface area contributed by atoms with E-state index in [0.29, 0.717) is 11.1 Å². The van der Waals surface area contributed by atoms with E-state index in [4.69, 9.17) is 0 Å². The summed E-state index contributed by atoms with van der Waals surface area (Å²) in [4.78, 5) is 0. The molecule has 0 spiro atoms. The highest BCUT2D eigenvalue weighted by molar-refractivity contribution is 5.60. The Kier molecular flexibility index (Phi) is 4.66. The van der Waals surface area contributed by atoms with E-state index in [1.54, 1.807) is 12.1 Å². The van der Waals surface area contributed by atoms with Gasteiger partial charge in [0.05, 0.1) is 22.8 Å². The summed E-state index contributed by atoms with van der Waals surface area (Å²) in [6.07, 6.45) is 1.75. The van der Waals surface area contributed by atoms with Gasteiger partial charge in [-0.3, -0.25) is 0 Å². The van der Waals surface area contributed by atoms with Crippen molar-refractivity contribution < 1.29 is 0 Å². The van der Waals surface area contributed by atoms with Crippen LogP contribution in [0, 0.1) is 34.0 Å². The van der Waals surface area contributed by atoms with E-state index in [9.17, 15) is 15.8 Å². The van der Waals surface area contributed by atoms with Gasteiger partial charge in [-0.15, -0.1) is 0 Å². The Bertz CT molecular complexity index is 1250. The van der Waals surface area contributed by atoms with Crippen LogP contribution in [-0.2, 0) is 10.8 Å². The minimum absolute atomic E-state index is 0.130. The molecule has 0 bridgehead atoms. The predicted octanol–water partition coefficient (Wildman–Crippen LogP) is 5.71. The number of fused-ring (bicyclic) bond motifs is 1. The first kappa shape index (κ1) is 19.4. The van der Waals surface area contributed by atoms with Crippen molar-refractivity contribution in [3.63, 3.8) is 0 Å². The molecule has 3 aromatic rings. The molecular formula is C27H21N3. The second-order valence-corrected chi connectivity index (χ2v) is 8.35. The summed E-state index contributed by atoms with van der Waals surface area (Å²) < 4.78 is 0. The van der Waals surface area contributed by atoms with Crippen molar-refractivity contribution in [1.29, 1.82) is 15.8 Å². The molecule has 0 unspecified atom stereocenters. The summed E-state index contributed by atoms with van der Waals surface area (Å²) in [6.45, 7) is 4.44. The molecule has 0 aliphatic heterocycles. The van der Waals surface area contributed by atoms with Crippen LogP contribution in [0.25, 0.3) is 0 Å². The Hall–Kier alpha value is -3.87. The molecule has 3 heteroatoms. The van der Waals surface area contributed by atoms with Gasteiger partial charge < -0.3 is 0 Å². The van der Waals surface area contributed by atoms with Gasteiger partial charge in [0.15, 0.2) is 0 Å². The lowest BCUT2D eigenvalue weighted by molar-refractivity contribution is 0.369. The summed E-state index contributed by atoms with van der Waals surface area (Å²) in [6, 6.07) is 28.7. The van der Waals surface area contributed by atoms with E-state index < -0.39 is 5.41 Å². The van der Waals surface area contributed by atoms with Crippen molar-refractivity contribution in [2.75, 3.05) is 0 Å². The predicted molar refractivity (Wildman–Crippen MR) is 116 cm³/mol. The molecule has 1 aliphatic rings. The maximum Gasteiger partial charge on any atom is 0.101 e. The van der Waals surface area contributed by atoms with Gasteiger partial charge in [-0.2, -0.15) is 15.8 Å². The molecule has 4 rings (SSSR count). The van der Waals surface area contributed by atoms with Crippen molar-refractivity contribution in [1.82, 2.24) is 0 Å². The molecule has 2 atom stereocenters. The third-order valence-corrected chi connectivity index (χ3v) is 6.77. The average Bonchev–Trinajstić information content (AvgIpc) is 2.81. The summed E-state index contributed by atoms with van der Waals surface area (Å²) >= 11 is 0. The van der Waals surface area contributed by atoms with Crippen LogP contribution < -0.4 is 0 Å². The lowest BCUT2D eigenvalue weighted by atomic mass is 9.57. The summed E-state index contributed by atoms with van der Waals surface area (Å²) in [5.41, 5.74) is 5.00. The molecule has 0 aromatic heterocycles. The fraction of sp³-hybridized carbons (Fsp3) is 0.222. The molecule has 144 valence electrons. The number of rotatable bonds is 2. The highest BCUT2D eigenvalue weighted by Gasteiger charge is 2.44. The maximum atomic E-state index is 9.83. The summed E-state index contributed by atoms with van der Waals surface area (Å²) in [5, 5.41) is 28.8. The zero-order valence-electron chi connectivity index (χ0n) is 17.1. The molecule has 3 nitrogen and oxygen atoms in total. The number of nitriles is 3. The number of benzene rings is 3. The molecule has 0 radical (unpaired) electrons. The fourth-order valence-corrected chi connectivity index (χ4v) is 4.93. The zero-order chi connectivity index (χ0) is 21.4. The van der Waals surface area contributed by atoms with Gasteiger partial charge in [0.2, 0.25) is 0 Å². The van der Waals surface area contributed by atoms with Crippen LogP contribution in [0.1, 0.15) is 65.6 Å². The first-order chi connectivity index (χ1) is 14.5. The van der Waals surface area contributed by atoms with E-state index in [0.717, 1.165) is 18.4 Å². The molecule has 30 heavy (non-hydrogen) atoms. The maximum absolute atomic E-state index is 9.83. The van der Waals surface area contributed by atoms with Gasteiger partial charge in [-0.1, -0.05) is 68.4 Å². The van der Waals surface area contributed by atoms with Crippen LogP contribution >= 0.6 is 0 Å². The minimum Gasteiger partial charge on any atom is -0.192 e. The second kappa shape index (κ2) is 7.18. The van der Waals surface area contributed by atoms with Crippen LogP contribution in [0.15, 0.2) is 66.7 Å². The van der Waals surface area contributed by atoms with Crippen molar-refractivity contribution in [2.24, 2.45) is 0 Å². The van der Waals surface area contributed by atoms with Crippen LogP contribution in [-0.4, -0.2) is 0 Å². The third-order valence-electron chi connectivity index (χ3n) is 6.77. The molecule has 0 saturated heterocycles. The van der Waals surface area contributed by atoms with E-state index in [1.807, 2.05) is 18.2 Å². The lowest BCUT2D eigenvalue weighted by Crippen LogP contribution is -2.39. The van der Waals surface area contributed by atoms with E-state index in [1.165, 1.54) is 16.7 Å². The quantitative estimate of drug-likeness (QED) is 0.565. The van der Waals surface area contributed by atoms with E-state index >= 15 is 0 Å². The fourth-order valence-electron chi connectivity index (χ4n) is 4.93. The molecule has 0 amide bonds. The van der Waals surface area contributed by atoms with Crippen molar-refractivity contribution in [3.05, 3.63) is 106 Å². The standard InChI is InChI=1S/C27H21N3/c1-26(22-8-4-3-5-9-22)12-13-27(2,24-11-7-6-10-23(24)26)25-15-20(17-29)19(16-28)14-21(25)18-30/h3-11,14-15H,12-13H2,1-2H3/t26-,27-/m1/s1. The normalized spacial score (nSPS) is 22.2. The molecular weight excluding hydrogens is 366 g/mol. The van der Waals surface area contributed by atoms with Gasteiger partial charge in [0, 0.05) is 10.8 Å². The Balaban J connectivity index is 1.97. The SMILES string of the molecule is C[C@@]1(c2cc(C#N)c(C#N)cc2C#N)CC[C@](C)(c2ccccc2)c2ccccc21. The largest absolute Gasteiger partial charge is 0.192 e. The summed E-state index contributed by atoms with van der Waals surface area (Å²) in [7, 11) is 0. The molecule has 0 saturated carbocycles. The van der Waals surface area contributed by atoms with Crippen LogP contribution in [0.3, 0.4) is 0 Å². The minimum atomic E-state index is -0.421. The lowest BCUT2D eigenvalue weighted by Gasteiger charge is -2.46. The highest BCUT2D eigenvalue weighted by atomic mass is 14.5. The molecule has 0 fully saturated rings. The average molecular weight is 387 g/mol. The highest BCUT2D eigenvalue weighted by Crippen LogP contribution is 2.52. The molecule has 0 heterocycles. The van der Waals surface area contributed by atoms with Gasteiger partial charge in [-0.25, -0.2) is 0 Å². The van der Waals surface area contributed by atoms with Crippen molar-refractivity contribution in [2.45, 2.75) is 37.5 Å². The summed E-state index contributed by atoms with van der Waals surface area (Å²) in [5.74, 6) is 0. The third kappa shape index (κ3) is 2.78. The van der Waals surface area contributed by atoms with Gasteiger partial charge in [-0.05, 0) is 47.2 Å². The number of nitrogens with zero attached hydrogens (tertiary/aromatic N) is 3. The van der Waals surface area contributed by atoms with Gasteiger partial charge >= 0.3 is 0 Å². The monoisotopic (exact) mass is 387 g/mol.